The Morgan fingerprint density at radius 3 is 2.53 bits per heavy atom. The summed E-state index contributed by atoms with van der Waals surface area (Å²) < 4.78 is 61.0. The molecule has 0 aliphatic carbocycles. The maximum atomic E-state index is 14.0. The Morgan fingerprint density at radius 1 is 1.20 bits per heavy atom. The van der Waals surface area contributed by atoms with Crippen molar-refractivity contribution < 1.29 is 27.4 Å². The molecule has 1 aliphatic heterocycles. The summed E-state index contributed by atoms with van der Waals surface area (Å²) in [5, 5.41) is 13.9. The Labute approximate surface area is 173 Å². The van der Waals surface area contributed by atoms with Crippen molar-refractivity contribution in [3.05, 3.63) is 53.0 Å². The minimum atomic E-state index is -4.85. The number of nitrogens with one attached hydrogen (secondary N) is 1. The number of fused-ring (bicyclic) bond motifs is 1. The monoisotopic (exact) mass is 426 g/mol. The summed E-state index contributed by atoms with van der Waals surface area (Å²) in [6, 6.07) is 6.73. The van der Waals surface area contributed by atoms with Crippen LogP contribution in [0.25, 0.3) is 0 Å². The second-order valence-corrected chi connectivity index (χ2v) is 8.65. The van der Waals surface area contributed by atoms with Gasteiger partial charge in [-0.2, -0.15) is 13.2 Å². The number of methoxy groups -OCH3 is 1. The number of halogens is 4. The number of hydrogen-bond acceptors (Lipinski definition) is 4. The maximum absolute atomic E-state index is 14.0. The number of rotatable bonds is 6. The Kier molecular flexibility index (Phi) is 5.75. The van der Waals surface area contributed by atoms with E-state index in [0.29, 0.717) is 28.4 Å². The van der Waals surface area contributed by atoms with E-state index in [1.807, 2.05) is 0 Å². The number of pyridine rings is 1. The topological polar surface area (TPSA) is 54.4 Å². The van der Waals surface area contributed by atoms with E-state index >= 15 is 0 Å². The van der Waals surface area contributed by atoms with Gasteiger partial charge < -0.3 is 15.2 Å². The molecule has 0 saturated carbocycles. The molecule has 4 nitrogen and oxygen atoms in total. The van der Waals surface area contributed by atoms with Crippen molar-refractivity contribution in [3.63, 3.8) is 0 Å². The average molecular weight is 426 g/mol. The number of ether oxygens (including phenoxy) is 1. The van der Waals surface area contributed by atoms with Crippen LogP contribution in [0, 0.1) is 12.7 Å². The van der Waals surface area contributed by atoms with Crippen molar-refractivity contribution in [1.82, 2.24) is 4.98 Å². The fourth-order valence-electron chi connectivity index (χ4n) is 4.35. The fourth-order valence-corrected chi connectivity index (χ4v) is 4.35. The second kappa shape index (κ2) is 7.72. The van der Waals surface area contributed by atoms with Crippen molar-refractivity contribution in [3.8, 4) is 5.88 Å². The highest BCUT2D eigenvalue weighted by Gasteiger charge is 2.57. The van der Waals surface area contributed by atoms with Crippen molar-refractivity contribution >= 4 is 5.69 Å². The molecule has 30 heavy (non-hydrogen) atoms. The summed E-state index contributed by atoms with van der Waals surface area (Å²) in [6.07, 6.45) is -5.76. The van der Waals surface area contributed by atoms with Gasteiger partial charge in [0, 0.05) is 24.9 Å². The van der Waals surface area contributed by atoms with Crippen LogP contribution < -0.4 is 10.1 Å². The normalized spacial score (nSPS) is 18.5. The van der Waals surface area contributed by atoms with Crippen molar-refractivity contribution in [2.24, 2.45) is 0 Å². The number of benzene rings is 1. The van der Waals surface area contributed by atoms with Gasteiger partial charge in [-0.25, -0.2) is 9.37 Å². The van der Waals surface area contributed by atoms with Gasteiger partial charge in [-0.3, -0.25) is 0 Å². The van der Waals surface area contributed by atoms with Crippen LogP contribution in [-0.2, 0) is 11.8 Å². The first kappa shape index (κ1) is 22.3. The number of aromatic nitrogens is 1. The molecule has 2 unspecified atom stereocenters. The van der Waals surface area contributed by atoms with E-state index in [1.165, 1.54) is 25.3 Å². The van der Waals surface area contributed by atoms with Crippen LogP contribution in [0.5, 0.6) is 5.88 Å². The molecule has 1 aliphatic rings. The molecule has 2 atom stereocenters. The Hall–Kier alpha value is -2.35. The van der Waals surface area contributed by atoms with Gasteiger partial charge in [0.1, 0.15) is 5.82 Å². The Bertz CT molecular complexity index is 930. The highest BCUT2D eigenvalue weighted by molar-refractivity contribution is 5.55. The predicted molar refractivity (Wildman–Crippen MR) is 106 cm³/mol. The highest BCUT2D eigenvalue weighted by Crippen LogP contribution is 2.45. The second-order valence-electron chi connectivity index (χ2n) is 8.65. The zero-order valence-electron chi connectivity index (χ0n) is 17.4. The molecule has 1 aromatic carbocycles. The van der Waals surface area contributed by atoms with Crippen LogP contribution >= 0.6 is 0 Å². The summed E-state index contributed by atoms with van der Waals surface area (Å²) in [5.74, 6) is -0.142. The minimum Gasteiger partial charge on any atom is -0.481 e. The number of aryl methyl sites for hydroxylation is 1. The third-order valence-corrected chi connectivity index (χ3v) is 5.73. The molecule has 0 spiro atoms. The molecule has 0 radical (unpaired) electrons. The first-order valence-electron chi connectivity index (χ1n) is 9.71. The van der Waals surface area contributed by atoms with Gasteiger partial charge in [0.25, 0.3) is 0 Å². The number of nitrogens with zero attached hydrogens (tertiary/aromatic N) is 1. The van der Waals surface area contributed by atoms with E-state index < -0.39 is 41.9 Å². The van der Waals surface area contributed by atoms with Gasteiger partial charge in [0.05, 0.1) is 18.5 Å². The summed E-state index contributed by atoms with van der Waals surface area (Å²) in [5.41, 5.74) is -1.72. The van der Waals surface area contributed by atoms with Crippen LogP contribution in [0.3, 0.4) is 0 Å². The Morgan fingerprint density at radius 2 is 1.90 bits per heavy atom. The number of alkyl halides is 3. The zero-order valence-corrected chi connectivity index (χ0v) is 17.4. The molecular formula is C22H26F4N2O2. The van der Waals surface area contributed by atoms with Gasteiger partial charge in [0.15, 0.2) is 5.60 Å². The van der Waals surface area contributed by atoms with Crippen LogP contribution in [0.15, 0.2) is 30.3 Å². The summed E-state index contributed by atoms with van der Waals surface area (Å²) >= 11 is 0. The van der Waals surface area contributed by atoms with Gasteiger partial charge in [-0.15, -0.1) is 0 Å². The molecule has 0 saturated heterocycles. The third-order valence-electron chi connectivity index (χ3n) is 5.73. The van der Waals surface area contributed by atoms with Crippen LogP contribution in [-0.4, -0.2) is 35.0 Å². The number of anilines is 1. The van der Waals surface area contributed by atoms with Gasteiger partial charge in [0.2, 0.25) is 5.88 Å². The van der Waals surface area contributed by atoms with Crippen molar-refractivity contribution in [2.45, 2.75) is 63.3 Å². The molecule has 0 fully saturated rings. The van der Waals surface area contributed by atoms with Gasteiger partial charge in [-0.05, 0) is 48.1 Å². The van der Waals surface area contributed by atoms with Crippen LogP contribution in [0.2, 0.25) is 0 Å². The van der Waals surface area contributed by atoms with Crippen LogP contribution in [0.1, 0.15) is 43.5 Å². The largest absolute Gasteiger partial charge is 0.481 e. The van der Waals surface area contributed by atoms with Crippen LogP contribution in [0.4, 0.5) is 23.2 Å². The third kappa shape index (κ3) is 4.38. The number of hydrogen-bond donors (Lipinski definition) is 2. The molecule has 164 valence electrons. The molecule has 0 amide bonds. The summed E-state index contributed by atoms with van der Waals surface area (Å²) in [7, 11) is 1.47. The Balaban J connectivity index is 1.86. The van der Waals surface area contributed by atoms with E-state index in [0.717, 1.165) is 0 Å². The van der Waals surface area contributed by atoms with E-state index in [-0.39, 0.29) is 6.42 Å². The molecule has 3 rings (SSSR count). The lowest BCUT2D eigenvalue weighted by Crippen LogP contribution is -2.52. The van der Waals surface area contributed by atoms with E-state index in [4.69, 9.17) is 4.74 Å². The van der Waals surface area contributed by atoms with Gasteiger partial charge >= 0.3 is 6.18 Å². The SMILES string of the molecule is COc1ccc2c(n1)CC(CC(O)(CC(C)(C)c1cc(F)ccc1C)C(F)(F)F)N2. The zero-order chi connectivity index (χ0) is 22.3. The first-order chi connectivity index (χ1) is 13.8. The molecule has 1 aromatic heterocycles. The summed E-state index contributed by atoms with van der Waals surface area (Å²) in [6.45, 7) is 4.90. The predicted octanol–water partition coefficient (Wildman–Crippen LogP) is 4.93. The van der Waals surface area contributed by atoms with Crippen molar-refractivity contribution in [2.75, 3.05) is 12.4 Å². The average Bonchev–Trinajstić information content (AvgIpc) is 3.03. The van der Waals surface area contributed by atoms with Crippen molar-refractivity contribution in [1.29, 1.82) is 0 Å². The molecule has 2 aromatic rings. The van der Waals surface area contributed by atoms with Gasteiger partial charge in [-0.1, -0.05) is 19.9 Å². The molecule has 2 N–H and O–H groups in total. The molecule has 0 bridgehead atoms. The number of aliphatic hydroxyl groups is 1. The minimum absolute atomic E-state index is 0.240. The maximum Gasteiger partial charge on any atom is 0.417 e. The molecule has 8 heteroatoms. The van der Waals surface area contributed by atoms with E-state index in [1.54, 1.807) is 32.9 Å². The highest BCUT2D eigenvalue weighted by atomic mass is 19.4. The smallest absolute Gasteiger partial charge is 0.417 e. The molecule has 2 heterocycles. The standard InChI is InChI=1S/C22H26F4N2O2/c1-13-5-6-14(23)9-16(13)20(2,3)12-21(29,22(24,25)26)11-15-10-18-17(27-15)7-8-19(28-18)30-4/h5-9,15,27,29H,10-12H2,1-4H3. The van der Waals surface area contributed by atoms with E-state index in [9.17, 15) is 22.7 Å². The molecular weight excluding hydrogens is 400 g/mol. The first-order valence-corrected chi connectivity index (χ1v) is 9.71. The van der Waals surface area contributed by atoms with E-state index in [2.05, 4.69) is 10.3 Å². The quantitative estimate of drug-likeness (QED) is 0.644. The fraction of sp³-hybridized carbons (Fsp3) is 0.500. The lowest BCUT2D eigenvalue weighted by atomic mass is 9.71. The lowest BCUT2D eigenvalue weighted by Gasteiger charge is -2.39. The lowest BCUT2D eigenvalue weighted by molar-refractivity contribution is -0.270. The summed E-state index contributed by atoms with van der Waals surface area (Å²) in [4.78, 5) is 4.27.